The van der Waals surface area contributed by atoms with Gasteiger partial charge in [0.2, 0.25) is 5.91 Å². The van der Waals surface area contributed by atoms with E-state index >= 15 is 0 Å². The molecule has 0 aromatic heterocycles. The SMILES string of the molecule is COc1ccc(NCC(=O)NCc2ccccc2)c(S(C)(=O)=O)c1. The topological polar surface area (TPSA) is 84.5 Å². The van der Waals surface area contributed by atoms with Crippen molar-refractivity contribution in [1.82, 2.24) is 5.32 Å². The van der Waals surface area contributed by atoms with Crippen LogP contribution in [0.5, 0.6) is 5.75 Å². The zero-order chi connectivity index (χ0) is 17.6. The van der Waals surface area contributed by atoms with Gasteiger partial charge in [0, 0.05) is 18.9 Å². The predicted octanol–water partition coefficient (Wildman–Crippen LogP) is 1.83. The molecule has 6 nitrogen and oxygen atoms in total. The van der Waals surface area contributed by atoms with E-state index in [9.17, 15) is 13.2 Å². The first-order valence-corrected chi connectivity index (χ1v) is 9.22. The largest absolute Gasteiger partial charge is 0.497 e. The third-order valence-electron chi connectivity index (χ3n) is 3.36. The molecule has 0 fully saturated rings. The first kappa shape index (κ1) is 17.8. The van der Waals surface area contributed by atoms with Gasteiger partial charge in [-0.3, -0.25) is 4.79 Å². The number of hydrogen-bond donors (Lipinski definition) is 2. The van der Waals surface area contributed by atoms with Crippen LogP contribution in [0.1, 0.15) is 5.56 Å². The van der Waals surface area contributed by atoms with Crippen LogP contribution < -0.4 is 15.4 Å². The Balaban J connectivity index is 1.99. The molecule has 0 saturated heterocycles. The number of benzene rings is 2. The first-order valence-electron chi connectivity index (χ1n) is 7.33. The van der Waals surface area contributed by atoms with Gasteiger partial charge in [-0.15, -0.1) is 0 Å². The molecule has 2 rings (SSSR count). The summed E-state index contributed by atoms with van der Waals surface area (Å²) in [6, 6.07) is 14.2. The average Bonchev–Trinajstić information content (AvgIpc) is 2.58. The number of rotatable bonds is 7. The minimum atomic E-state index is -3.44. The van der Waals surface area contributed by atoms with Crippen LogP contribution in [-0.2, 0) is 21.2 Å². The van der Waals surface area contributed by atoms with Gasteiger partial charge in [-0.25, -0.2) is 8.42 Å². The molecule has 1 amide bonds. The van der Waals surface area contributed by atoms with E-state index in [0.717, 1.165) is 11.8 Å². The fourth-order valence-electron chi connectivity index (χ4n) is 2.12. The summed E-state index contributed by atoms with van der Waals surface area (Å²) in [5, 5.41) is 5.63. The molecule has 7 heteroatoms. The summed E-state index contributed by atoms with van der Waals surface area (Å²) in [7, 11) is -1.98. The highest BCUT2D eigenvalue weighted by Crippen LogP contribution is 2.26. The van der Waals surface area contributed by atoms with Crippen molar-refractivity contribution in [2.75, 3.05) is 25.2 Å². The molecule has 0 unspecified atom stereocenters. The number of hydrogen-bond acceptors (Lipinski definition) is 5. The van der Waals surface area contributed by atoms with E-state index in [-0.39, 0.29) is 17.3 Å². The highest BCUT2D eigenvalue weighted by molar-refractivity contribution is 7.90. The van der Waals surface area contributed by atoms with Crippen LogP contribution in [0.2, 0.25) is 0 Å². The summed E-state index contributed by atoms with van der Waals surface area (Å²) in [5.74, 6) is 0.212. The van der Waals surface area contributed by atoms with Gasteiger partial charge >= 0.3 is 0 Å². The quantitative estimate of drug-likeness (QED) is 0.797. The fourth-order valence-corrected chi connectivity index (χ4v) is 2.99. The molecule has 0 aliphatic heterocycles. The van der Waals surface area contributed by atoms with E-state index in [2.05, 4.69) is 10.6 Å². The van der Waals surface area contributed by atoms with Crippen LogP contribution in [0.4, 0.5) is 5.69 Å². The van der Waals surface area contributed by atoms with Crippen LogP contribution in [0, 0.1) is 0 Å². The number of methoxy groups -OCH3 is 1. The van der Waals surface area contributed by atoms with Crippen LogP contribution >= 0.6 is 0 Å². The number of nitrogens with one attached hydrogen (secondary N) is 2. The fraction of sp³-hybridized carbons (Fsp3) is 0.235. The molecule has 0 radical (unpaired) electrons. The van der Waals surface area contributed by atoms with Crippen molar-refractivity contribution in [1.29, 1.82) is 0 Å². The van der Waals surface area contributed by atoms with Gasteiger partial charge in [-0.2, -0.15) is 0 Å². The maximum atomic E-state index is 11.9. The Morgan fingerprint density at radius 3 is 2.46 bits per heavy atom. The van der Waals surface area contributed by atoms with Crippen molar-refractivity contribution in [2.24, 2.45) is 0 Å². The van der Waals surface area contributed by atoms with Gasteiger partial charge in [0.25, 0.3) is 0 Å². The second-order valence-corrected chi connectivity index (χ2v) is 7.23. The van der Waals surface area contributed by atoms with Gasteiger partial charge < -0.3 is 15.4 Å². The maximum absolute atomic E-state index is 11.9. The summed E-state index contributed by atoms with van der Waals surface area (Å²) in [6.45, 7) is 0.393. The average molecular weight is 348 g/mol. The van der Waals surface area contributed by atoms with Gasteiger partial charge in [-0.05, 0) is 17.7 Å². The molecule has 0 heterocycles. The predicted molar refractivity (Wildman–Crippen MR) is 92.9 cm³/mol. The Morgan fingerprint density at radius 2 is 1.83 bits per heavy atom. The summed E-state index contributed by atoms with van der Waals surface area (Å²) < 4.78 is 28.8. The van der Waals surface area contributed by atoms with Crippen LogP contribution in [0.3, 0.4) is 0 Å². The third kappa shape index (κ3) is 4.99. The van der Waals surface area contributed by atoms with E-state index in [1.807, 2.05) is 30.3 Å². The lowest BCUT2D eigenvalue weighted by atomic mass is 10.2. The number of ether oxygens (including phenoxy) is 1. The highest BCUT2D eigenvalue weighted by atomic mass is 32.2. The molecule has 2 N–H and O–H groups in total. The number of carbonyl (C=O) groups is 1. The summed E-state index contributed by atoms with van der Waals surface area (Å²) in [5.41, 5.74) is 1.36. The van der Waals surface area contributed by atoms with Crippen molar-refractivity contribution in [3.05, 3.63) is 54.1 Å². The molecule has 24 heavy (non-hydrogen) atoms. The molecule has 2 aromatic rings. The summed E-state index contributed by atoms with van der Waals surface area (Å²) >= 11 is 0. The van der Waals surface area contributed by atoms with Gasteiger partial charge in [0.05, 0.1) is 24.2 Å². The number of carbonyl (C=O) groups excluding carboxylic acids is 1. The van der Waals surface area contributed by atoms with E-state index in [0.29, 0.717) is 18.0 Å². The van der Waals surface area contributed by atoms with Crippen molar-refractivity contribution < 1.29 is 17.9 Å². The van der Waals surface area contributed by atoms with Crippen molar-refractivity contribution in [3.63, 3.8) is 0 Å². The molecule has 0 spiro atoms. The highest BCUT2D eigenvalue weighted by Gasteiger charge is 2.15. The van der Waals surface area contributed by atoms with Crippen molar-refractivity contribution >= 4 is 21.4 Å². The minimum Gasteiger partial charge on any atom is -0.497 e. The molecule has 0 aliphatic rings. The van der Waals surface area contributed by atoms with Crippen LogP contribution in [-0.4, -0.2) is 34.2 Å². The van der Waals surface area contributed by atoms with Gasteiger partial charge in [-0.1, -0.05) is 30.3 Å². The summed E-state index contributed by atoms with van der Waals surface area (Å²) in [4.78, 5) is 12.0. The van der Waals surface area contributed by atoms with E-state index < -0.39 is 9.84 Å². The minimum absolute atomic E-state index is 0.0261. The molecule has 0 bridgehead atoms. The maximum Gasteiger partial charge on any atom is 0.239 e. The third-order valence-corrected chi connectivity index (χ3v) is 4.50. The lowest BCUT2D eigenvalue weighted by molar-refractivity contribution is -0.119. The zero-order valence-electron chi connectivity index (χ0n) is 13.6. The Kier molecular flexibility index (Phi) is 5.81. The molecule has 2 aromatic carbocycles. The molecular weight excluding hydrogens is 328 g/mol. The molecular formula is C17H20N2O4S. The molecule has 0 atom stereocenters. The second-order valence-electron chi connectivity index (χ2n) is 5.25. The Labute approximate surface area is 141 Å². The Hall–Kier alpha value is -2.54. The van der Waals surface area contributed by atoms with E-state index in [4.69, 9.17) is 4.74 Å². The monoisotopic (exact) mass is 348 g/mol. The number of anilines is 1. The smallest absolute Gasteiger partial charge is 0.239 e. The lowest BCUT2D eigenvalue weighted by Crippen LogP contribution is -2.29. The molecule has 0 aliphatic carbocycles. The van der Waals surface area contributed by atoms with Crippen LogP contribution in [0.15, 0.2) is 53.4 Å². The van der Waals surface area contributed by atoms with Gasteiger partial charge in [0.1, 0.15) is 5.75 Å². The van der Waals surface area contributed by atoms with Crippen LogP contribution in [0.25, 0.3) is 0 Å². The van der Waals surface area contributed by atoms with E-state index in [1.54, 1.807) is 12.1 Å². The zero-order valence-corrected chi connectivity index (χ0v) is 14.4. The second kappa shape index (κ2) is 7.83. The van der Waals surface area contributed by atoms with Crippen molar-refractivity contribution in [2.45, 2.75) is 11.4 Å². The number of sulfone groups is 1. The number of amides is 1. The lowest BCUT2D eigenvalue weighted by Gasteiger charge is -2.12. The summed E-state index contributed by atoms with van der Waals surface area (Å²) in [6.07, 6.45) is 1.11. The van der Waals surface area contributed by atoms with Gasteiger partial charge in [0.15, 0.2) is 9.84 Å². The Bertz CT molecular complexity index is 805. The normalized spacial score (nSPS) is 10.9. The van der Waals surface area contributed by atoms with E-state index in [1.165, 1.54) is 13.2 Å². The van der Waals surface area contributed by atoms with Crippen molar-refractivity contribution in [3.8, 4) is 5.75 Å². The molecule has 128 valence electrons. The standard InChI is InChI=1S/C17H20N2O4S/c1-23-14-8-9-15(16(10-14)24(2,21)22)18-12-17(20)19-11-13-6-4-3-5-7-13/h3-10,18H,11-12H2,1-2H3,(H,19,20). The first-order chi connectivity index (χ1) is 11.4. The Morgan fingerprint density at radius 1 is 1.12 bits per heavy atom. The molecule has 0 saturated carbocycles.